The summed E-state index contributed by atoms with van der Waals surface area (Å²) in [5, 5.41) is 0. The molecule has 12 heavy (non-hydrogen) atoms. The minimum absolute atomic E-state index is 0.488. The fraction of sp³-hybridized carbons (Fsp3) is 1.00. The second-order valence-electron chi connectivity index (χ2n) is 5.25. The average Bonchev–Trinajstić information content (AvgIpc) is 2.29. The molecule has 2 unspecified atom stereocenters. The van der Waals surface area contributed by atoms with E-state index in [2.05, 4.69) is 20.8 Å². The maximum absolute atomic E-state index is 5.92. The van der Waals surface area contributed by atoms with Crippen molar-refractivity contribution < 1.29 is 0 Å². The Bertz CT molecular complexity index is 142. The molecule has 2 atom stereocenters. The molecule has 1 aliphatic rings. The first-order valence-electron chi connectivity index (χ1n) is 5.27. The van der Waals surface area contributed by atoms with Gasteiger partial charge < -0.3 is 5.73 Å². The lowest BCUT2D eigenvalue weighted by Crippen LogP contribution is -2.19. The first-order chi connectivity index (χ1) is 5.52. The Kier molecular flexibility index (Phi) is 3.16. The van der Waals surface area contributed by atoms with Crippen molar-refractivity contribution in [1.29, 1.82) is 0 Å². The van der Waals surface area contributed by atoms with Crippen LogP contribution in [-0.2, 0) is 0 Å². The van der Waals surface area contributed by atoms with Gasteiger partial charge in [0.1, 0.15) is 0 Å². The quantitative estimate of drug-likeness (QED) is 0.690. The van der Waals surface area contributed by atoms with Gasteiger partial charge in [-0.15, -0.1) is 0 Å². The molecule has 0 bridgehead atoms. The molecule has 72 valence electrons. The Hall–Kier alpha value is -0.0400. The Morgan fingerprint density at radius 2 is 2.17 bits per heavy atom. The van der Waals surface area contributed by atoms with Gasteiger partial charge >= 0.3 is 0 Å². The van der Waals surface area contributed by atoms with Crippen molar-refractivity contribution in [3.05, 3.63) is 0 Å². The van der Waals surface area contributed by atoms with Crippen LogP contribution in [0.2, 0.25) is 0 Å². The van der Waals surface area contributed by atoms with Crippen molar-refractivity contribution in [2.24, 2.45) is 17.1 Å². The van der Waals surface area contributed by atoms with Gasteiger partial charge in [0.05, 0.1) is 0 Å². The Labute approximate surface area is 76.7 Å². The van der Waals surface area contributed by atoms with E-state index in [1.807, 2.05) is 0 Å². The molecule has 0 radical (unpaired) electrons. The van der Waals surface area contributed by atoms with Gasteiger partial charge in [-0.3, -0.25) is 0 Å². The van der Waals surface area contributed by atoms with E-state index in [1.54, 1.807) is 0 Å². The maximum atomic E-state index is 5.92. The lowest BCUT2D eigenvalue weighted by atomic mass is 9.82. The van der Waals surface area contributed by atoms with Crippen LogP contribution >= 0.6 is 0 Å². The monoisotopic (exact) mass is 169 g/mol. The molecule has 1 fully saturated rings. The number of hydrogen-bond donors (Lipinski definition) is 1. The molecule has 1 rings (SSSR count). The third kappa shape index (κ3) is 2.78. The zero-order valence-electron chi connectivity index (χ0n) is 8.77. The SMILES string of the molecule is CC(C)CCC1(C)CCC(N)C1. The Balaban J connectivity index is 2.30. The van der Waals surface area contributed by atoms with Crippen LogP contribution < -0.4 is 5.73 Å². The van der Waals surface area contributed by atoms with Crippen molar-refractivity contribution in [2.75, 3.05) is 0 Å². The summed E-state index contributed by atoms with van der Waals surface area (Å²) in [6.45, 7) is 7.01. The highest BCUT2D eigenvalue weighted by Crippen LogP contribution is 2.41. The second-order valence-corrected chi connectivity index (χ2v) is 5.25. The molecular formula is C11H23N. The molecular weight excluding hydrogens is 146 g/mol. The van der Waals surface area contributed by atoms with Gasteiger partial charge in [-0.25, -0.2) is 0 Å². The van der Waals surface area contributed by atoms with Crippen LogP contribution in [0.25, 0.3) is 0 Å². The van der Waals surface area contributed by atoms with E-state index in [-0.39, 0.29) is 0 Å². The smallest absolute Gasteiger partial charge is 0.00442 e. The zero-order chi connectivity index (χ0) is 9.19. The fourth-order valence-corrected chi connectivity index (χ4v) is 2.24. The van der Waals surface area contributed by atoms with Crippen molar-refractivity contribution in [2.45, 2.75) is 58.9 Å². The van der Waals surface area contributed by atoms with E-state index >= 15 is 0 Å². The molecule has 1 nitrogen and oxygen atoms in total. The summed E-state index contributed by atoms with van der Waals surface area (Å²) in [4.78, 5) is 0. The normalized spacial score (nSPS) is 36.2. The van der Waals surface area contributed by atoms with Crippen molar-refractivity contribution in [1.82, 2.24) is 0 Å². The first-order valence-corrected chi connectivity index (χ1v) is 5.27. The molecule has 0 heterocycles. The van der Waals surface area contributed by atoms with Crippen LogP contribution in [0.5, 0.6) is 0 Å². The number of hydrogen-bond acceptors (Lipinski definition) is 1. The predicted molar refractivity (Wildman–Crippen MR) is 54.0 cm³/mol. The predicted octanol–water partition coefficient (Wildman–Crippen LogP) is 2.94. The summed E-state index contributed by atoms with van der Waals surface area (Å²) in [5.41, 5.74) is 6.49. The summed E-state index contributed by atoms with van der Waals surface area (Å²) in [6, 6.07) is 0.488. The van der Waals surface area contributed by atoms with E-state index in [9.17, 15) is 0 Å². The molecule has 0 saturated heterocycles. The van der Waals surface area contributed by atoms with Crippen LogP contribution in [0.3, 0.4) is 0 Å². The largest absolute Gasteiger partial charge is 0.328 e. The zero-order valence-corrected chi connectivity index (χ0v) is 8.77. The van der Waals surface area contributed by atoms with Gasteiger partial charge in [-0.05, 0) is 37.0 Å². The van der Waals surface area contributed by atoms with Crippen molar-refractivity contribution in [3.63, 3.8) is 0 Å². The first kappa shape index (κ1) is 10.0. The Morgan fingerprint density at radius 3 is 2.58 bits per heavy atom. The molecule has 1 saturated carbocycles. The Morgan fingerprint density at radius 1 is 1.50 bits per heavy atom. The standard InChI is InChI=1S/C11H23N/c1-9(2)4-6-11(3)7-5-10(12)8-11/h9-10H,4-8,12H2,1-3H3. The second kappa shape index (κ2) is 3.78. The molecule has 0 aromatic carbocycles. The van der Waals surface area contributed by atoms with E-state index in [0.717, 1.165) is 5.92 Å². The van der Waals surface area contributed by atoms with Crippen LogP contribution in [0, 0.1) is 11.3 Å². The molecule has 2 N–H and O–H groups in total. The van der Waals surface area contributed by atoms with Gasteiger partial charge in [-0.1, -0.05) is 27.2 Å². The summed E-state index contributed by atoms with van der Waals surface area (Å²) < 4.78 is 0. The lowest BCUT2D eigenvalue weighted by molar-refractivity contribution is 0.278. The molecule has 0 aromatic rings. The van der Waals surface area contributed by atoms with Gasteiger partial charge in [0, 0.05) is 6.04 Å². The highest BCUT2D eigenvalue weighted by atomic mass is 14.7. The summed E-state index contributed by atoms with van der Waals surface area (Å²) in [7, 11) is 0. The van der Waals surface area contributed by atoms with Crippen molar-refractivity contribution >= 4 is 0 Å². The van der Waals surface area contributed by atoms with Crippen LogP contribution in [0.15, 0.2) is 0 Å². The molecule has 1 heteroatoms. The fourth-order valence-electron chi connectivity index (χ4n) is 2.24. The van der Waals surface area contributed by atoms with Gasteiger partial charge in [0.25, 0.3) is 0 Å². The lowest BCUT2D eigenvalue weighted by Gasteiger charge is -2.24. The number of nitrogens with two attached hydrogens (primary N) is 1. The minimum Gasteiger partial charge on any atom is -0.328 e. The van der Waals surface area contributed by atoms with E-state index in [4.69, 9.17) is 5.73 Å². The van der Waals surface area contributed by atoms with Crippen LogP contribution in [0.4, 0.5) is 0 Å². The van der Waals surface area contributed by atoms with Gasteiger partial charge in [-0.2, -0.15) is 0 Å². The van der Waals surface area contributed by atoms with Gasteiger partial charge in [0.2, 0.25) is 0 Å². The minimum atomic E-state index is 0.488. The highest BCUT2D eigenvalue weighted by molar-refractivity contribution is 4.87. The van der Waals surface area contributed by atoms with Crippen LogP contribution in [-0.4, -0.2) is 6.04 Å². The van der Waals surface area contributed by atoms with Gasteiger partial charge in [0.15, 0.2) is 0 Å². The topological polar surface area (TPSA) is 26.0 Å². The molecule has 1 aliphatic carbocycles. The third-order valence-electron chi connectivity index (χ3n) is 3.20. The van der Waals surface area contributed by atoms with E-state index in [1.165, 1.54) is 32.1 Å². The molecule has 0 amide bonds. The third-order valence-corrected chi connectivity index (χ3v) is 3.20. The summed E-state index contributed by atoms with van der Waals surface area (Å²) in [5.74, 6) is 0.846. The van der Waals surface area contributed by atoms with E-state index < -0.39 is 0 Å². The van der Waals surface area contributed by atoms with Crippen LogP contribution in [0.1, 0.15) is 52.9 Å². The summed E-state index contributed by atoms with van der Waals surface area (Å²) >= 11 is 0. The average molecular weight is 169 g/mol. The highest BCUT2D eigenvalue weighted by Gasteiger charge is 2.32. The molecule has 0 spiro atoms. The molecule has 0 aromatic heterocycles. The maximum Gasteiger partial charge on any atom is 0.00442 e. The summed E-state index contributed by atoms with van der Waals surface area (Å²) in [6.07, 6.45) is 6.58. The van der Waals surface area contributed by atoms with E-state index in [0.29, 0.717) is 11.5 Å². The van der Waals surface area contributed by atoms with Crippen molar-refractivity contribution in [3.8, 4) is 0 Å². The number of rotatable bonds is 3. The molecule has 0 aliphatic heterocycles.